The Morgan fingerprint density at radius 2 is 2.10 bits per heavy atom. The predicted molar refractivity (Wildman–Crippen MR) is 133 cm³/mol. The summed E-state index contributed by atoms with van der Waals surface area (Å²) in [5.74, 6) is 1.55. The number of ether oxygens (including phenoxy) is 1. The van der Waals surface area contributed by atoms with Gasteiger partial charge in [-0.05, 0) is 54.0 Å². The molecule has 3 rings (SSSR count). The molecule has 0 saturated heterocycles. The minimum atomic E-state index is 0.0509. The van der Waals surface area contributed by atoms with Gasteiger partial charge in [0.25, 0.3) is 0 Å². The Labute approximate surface area is 191 Å². The molecule has 2 aromatic rings. The molecule has 162 valence electrons. The topological polar surface area (TPSA) is 29.5 Å². The molecule has 2 nitrogen and oxygen atoms in total. The number of phenols is 1. The molecule has 0 radical (unpaired) electrons. The van der Waals surface area contributed by atoms with Gasteiger partial charge < -0.3 is 9.84 Å². The highest BCUT2D eigenvalue weighted by molar-refractivity contribution is 6.32. The van der Waals surface area contributed by atoms with Crippen LogP contribution in [0.2, 0.25) is 5.02 Å². The van der Waals surface area contributed by atoms with Gasteiger partial charge in [0, 0.05) is 11.1 Å². The summed E-state index contributed by atoms with van der Waals surface area (Å²) in [7, 11) is 0. The predicted octanol–water partition coefficient (Wildman–Crippen LogP) is 8.02. The highest BCUT2D eigenvalue weighted by Crippen LogP contribution is 2.33. The first-order chi connectivity index (χ1) is 15.0. The van der Waals surface area contributed by atoms with E-state index >= 15 is 0 Å². The quantitative estimate of drug-likeness (QED) is 0.405. The fourth-order valence-electron chi connectivity index (χ4n) is 3.62. The summed E-state index contributed by atoms with van der Waals surface area (Å²) >= 11 is 6.03. The van der Waals surface area contributed by atoms with E-state index in [0.717, 1.165) is 30.6 Å². The Morgan fingerprint density at radius 3 is 2.81 bits per heavy atom. The lowest BCUT2D eigenvalue weighted by molar-refractivity contribution is 0.352. The summed E-state index contributed by atoms with van der Waals surface area (Å²) in [5, 5.41) is 10.5. The van der Waals surface area contributed by atoms with Crippen LogP contribution in [0.5, 0.6) is 11.5 Å². The zero-order chi connectivity index (χ0) is 22.2. The Bertz CT molecular complexity index is 1010. The Morgan fingerprint density at radius 1 is 1.26 bits per heavy atom. The van der Waals surface area contributed by atoms with Gasteiger partial charge in [0.2, 0.25) is 0 Å². The molecule has 0 bridgehead atoms. The van der Waals surface area contributed by atoms with Crippen LogP contribution in [0.3, 0.4) is 0 Å². The molecule has 2 aromatic carbocycles. The molecular formula is C28H31ClO2. The standard InChI is InChI=1S/C28H31ClO2/c1-4-7-22-15-17-24(16-10-20(3)25-8-6-9-26(29)28(25)30)27(18-22)31-19-23-13-11-21(5-2)12-14-23/h6,8-11,13-18,21,30H,3-5,7,12,19H2,1-2H3/b16-10+. The molecule has 0 fully saturated rings. The van der Waals surface area contributed by atoms with E-state index in [0.29, 0.717) is 28.7 Å². The minimum absolute atomic E-state index is 0.0509. The van der Waals surface area contributed by atoms with Crippen molar-refractivity contribution in [3.8, 4) is 11.5 Å². The van der Waals surface area contributed by atoms with E-state index in [4.69, 9.17) is 16.3 Å². The second-order valence-electron chi connectivity index (χ2n) is 7.95. The van der Waals surface area contributed by atoms with Crippen LogP contribution >= 0.6 is 11.6 Å². The first kappa shape index (κ1) is 23.0. The van der Waals surface area contributed by atoms with Crippen LogP contribution in [0.1, 0.15) is 49.8 Å². The lowest BCUT2D eigenvalue weighted by atomic mass is 9.95. The fraction of sp³-hybridized carbons (Fsp3) is 0.286. The summed E-state index contributed by atoms with van der Waals surface area (Å²) in [6, 6.07) is 11.6. The van der Waals surface area contributed by atoms with Gasteiger partial charge in [-0.3, -0.25) is 0 Å². The Hall–Kier alpha value is -2.71. The first-order valence-electron chi connectivity index (χ1n) is 11.0. The fourth-order valence-corrected chi connectivity index (χ4v) is 3.79. The first-order valence-corrected chi connectivity index (χ1v) is 11.4. The van der Waals surface area contributed by atoms with Crippen molar-refractivity contribution >= 4 is 23.3 Å². The number of aromatic hydroxyl groups is 1. The summed E-state index contributed by atoms with van der Waals surface area (Å²) in [4.78, 5) is 0. The van der Waals surface area contributed by atoms with Crippen LogP contribution in [0.15, 0.2) is 72.9 Å². The second kappa shape index (κ2) is 11.1. The number of rotatable bonds is 9. The van der Waals surface area contributed by atoms with E-state index in [2.05, 4.69) is 56.9 Å². The Balaban J connectivity index is 1.78. The largest absolute Gasteiger partial charge is 0.506 e. The van der Waals surface area contributed by atoms with Crippen LogP contribution in [0.25, 0.3) is 11.6 Å². The number of benzene rings is 2. The third-order valence-corrected chi connectivity index (χ3v) is 5.90. The van der Waals surface area contributed by atoms with Gasteiger partial charge in [-0.25, -0.2) is 0 Å². The van der Waals surface area contributed by atoms with Gasteiger partial charge >= 0.3 is 0 Å². The van der Waals surface area contributed by atoms with Gasteiger partial charge in [0.1, 0.15) is 18.1 Å². The highest BCUT2D eigenvalue weighted by Gasteiger charge is 2.10. The summed E-state index contributed by atoms with van der Waals surface area (Å²) in [5.41, 5.74) is 4.77. The van der Waals surface area contributed by atoms with E-state index < -0.39 is 0 Å². The van der Waals surface area contributed by atoms with Crippen molar-refractivity contribution in [2.24, 2.45) is 5.92 Å². The normalized spacial score (nSPS) is 15.8. The van der Waals surface area contributed by atoms with Crippen molar-refractivity contribution in [2.45, 2.75) is 39.5 Å². The average Bonchev–Trinajstić information content (AvgIpc) is 2.79. The summed E-state index contributed by atoms with van der Waals surface area (Å²) in [6.45, 7) is 9.04. The summed E-state index contributed by atoms with van der Waals surface area (Å²) in [6.07, 6.45) is 15.0. The van der Waals surface area contributed by atoms with Crippen LogP contribution in [0, 0.1) is 5.92 Å². The molecule has 0 saturated carbocycles. The van der Waals surface area contributed by atoms with Crippen molar-refractivity contribution in [1.29, 1.82) is 0 Å². The van der Waals surface area contributed by atoms with Crippen molar-refractivity contribution in [2.75, 3.05) is 6.61 Å². The smallest absolute Gasteiger partial charge is 0.141 e. The number of hydrogen-bond donors (Lipinski definition) is 1. The maximum absolute atomic E-state index is 10.2. The molecular weight excluding hydrogens is 404 g/mol. The molecule has 1 atom stereocenters. The lowest BCUT2D eigenvalue weighted by Gasteiger charge is -2.16. The maximum atomic E-state index is 10.2. The van der Waals surface area contributed by atoms with Crippen LogP contribution < -0.4 is 4.74 Å². The molecule has 0 amide bonds. The molecule has 3 heteroatoms. The van der Waals surface area contributed by atoms with Crippen molar-refractivity contribution < 1.29 is 9.84 Å². The van der Waals surface area contributed by atoms with Crippen LogP contribution in [0.4, 0.5) is 0 Å². The van der Waals surface area contributed by atoms with E-state index in [1.54, 1.807) is 18.2 Å². The third kappa shape index (κ3) is 6.15. The van der Waals surface area contributed by atoms with Gasteiger partial charge in [-0.2, -0.15) is 0 Å². The van der Waals surface area contributed by atoms with Crippen molar-refractivity contribution in [1.82, 2.24) is 0 Å². The van der Waals surface area contributed by atoms with Crippen LogP contribution in [-0.4, -0.2) is 11.7 Å². The van der Waals surface area contributed by atoms with Gasteiger partial charge in [-0.15, -0.1) is 0 Å². The molecule has 31 heavy (non-hydrogen) atoms. The maximum Gasteiger partial charge on any atom is 0.141 e. The molecule has 1 unspecified atom stereocenters. The zero-order valence-corrected chi connectivity index (χ0v) is 19.2. The lowest BCUT2D eigenvalue weighted by Crippen LogP contribution is -2.06. The molecule has 0 aromatic heterocycles. The molecule has 1 aliphatic rings. The zero-order valence-electron chi connectivity index (χ0n) is 18.4. The second-order valence-corrected chi connectivity index (χ2v) is 8.35. The summed E-state index contributed by atoms with van der Waals surface area (Å²) < 4.78 is 6.24. The molecule has 1 aliphatic carbocycles. The number of halogens is 1. The van der Waals surface area contributed by atoms with Crippen LogP contribution in [-0.2, 0) is 6.42 Å². The minimum Gasteiger partial charge on any atom is -0.506 e. The SMILES string of the molecule is C=C(/C=C/c1ccc(CCC)cc1OCC1=CCC(CC)C=C1)c1cccc(Cl)c1O. The molecule has 1 N–H and O–H groups in total. The molecule has 0 spiro atoms. The molecule has 0 heterocycles. The van der Waals surface area contributed by atoms with Gasteiger partial charge in [0.15, 0.2) is 0 Å². The molecule has 0 aliphatic heterocycles. The van der Waals surface area contributed by atoms with E-state index in [1.807, 2.05) is 12.2 Å². The number of allylic oxidation sites excluding steroid dienone is 4. The van der Waals surface area contributed by atoms with Gasteiger partial charge in [0.05, 0.1) is 5.02 Å². The average molecular weight is 435 g/mol. The highest BCUT2D eigenvalue weighted by atomic mass is 35.5. The number of para-hydroxylation sites is 1. The monoisotopic (exact) mass is 434 g/mol. The van der Waals surface area contributed by atoms with E-state index in [-0.39, 0.29) is 5.75 Å². The number of hydrogen-bond acceptors (Lipinski definition) is 2. The van der Waals surface area contributed by atoms with Crippen molar-refractivity contribution in [3.63, 3.8) is 0 Å². The van der Waals surface area contributed by atoms with Crippen molar-refractivity contribution in [3.05, 3.63) is 94.6 Å². The van der Waals surface area contributed by atoms with E-state index in [1.165, 1.54) is 17.6 Å². The number of aryl methyl sites for hydroxylation is 1. The van der Waals surface area contributed by atoms with Gasteiger partial charge in [-0.1, -0.05) is 93.1 Å². The third-order valence-electron chi connectivity index (χ3n) is 5.60. The number of phenolic OH excluding ortho intramolecular Hbond substituents is 1. The Kier molecular flexibility index (Phi) is 8.20. The van der Waals surface area contributed by atoms with E-state index in [9.17, 15) is 5.11 Å².